The van der Waals surface area contributed by atoms with E-state index in [4.69, 9.17) is 0 Å². The largest absolute Gasteiger partial charge is 0.325 e. The van der Waals surface area contributed by atoms with Crippen molar-refractivity contribution in [1.29, 1.82) is 0 Å². The molecule has 4 rings (SSSR count). The number of nitrogens with zero attached hydrogens (tertiary/aromatic N) is 1. The van der Waals surface area contributed by atoms with Gasteiger partial charge in [0.25, 0.3) is 0 Å². The van der Waals surface area contributed by atoms with Gasteiger partial charge in [0.1, 0.15) is 0 Å². The maximum absolute atomic E-state index is 12.4. The minimum Gasteiger partial charge on any atom is -0.325 e. The van der Waals surface area contributed by atoms with Gasteiger partial charge < -0.3 is 15.3 Å². The van der Waals surface area contributed by atoms with Crippen molar-refractivity contribution >= 4 is 22.6 Å². The number of H-pyrrole nitrogens is 2. The molecule has 134 valence electrons. The molecule has 1 aromatic heterocycles. The van der Waals surface area contributed by atoms with Crippen molar-refractivity contribution in [3.63, 3.8) is 0 Å². The Bertz CT molecular complexity index is 805. The Labute approximate surface area is 147 Å². The van der Waals surface area contributed by atoms with Gasteiger partial charge in [-0.15, -0.1) is 0 Å². The second kappa shape index (κ2) is 7.04. The zero-order valence-electron chi connectivity index (χ0n) is 14.5. The Morgan fingerprint density at radius 2 is 1.80 bits per heavy atom. The highest BCUT2D eigenvalue weighted by Gasteiger charge is 2.29. The summed E-state index contributed by atoms with van der Waals surface area (Å²) in [6.07, 6.45) is 7.98. The molecule has 6 nitrogen and oxygen atoms in total. The van der Waals surface area contributed by atoms with Gasteiger partial charge in [0, 0.05) is 5.69 Å². The number of hydrogen-bond donors (Lipinski definition) is 3. The number of anilines is 1. The predicted molar refractivity (Wildman–Crippen MR) is 98.7 cm³/mol. The monoisotopic (exact) mass is 342 g/mol. The van der Waals surface area contributed by atoms with Crippen molar-refractivity contribution in [2.45, 2.75) is 38.5 Å². The number of benzene rings is 1. The van der Waals surface area contributed by atoms with E-state index in [2.05, 4.69) is 20.2 Å². The molecule has 25 heavy (non-hydrogen) atoms. The molecule has 0 bridgehead atoms. The lowest BCUT2D eigenvalue weighted by molar-refractivity contribution is -0.117. The highest BCUT2D eigenvalue weighted by molar-refractivity contribution is 5.94. The highest BCUT2D eigenvalue weighted by atomic mass is 16.2. The maximum Gasteiger partial charge on any atom is 0.323 e. The van der Waals surface area contributed by atoms with Crippen LogP contribution in [0.1, 0.15) is 38.5 Å². The lowest BCUT2D eigenvalue weighted by Crippen LogP contribution is -2.34. The predicted octanol–water partition coefficient (Wildman–Crippen LogP) is 2.70. The van der Waals surface area contributed by atoms with Gasteiger partial charge in [-0.1, -0.05) is 19.3 Å². The summed E-state index contributed by atoms with van der Waals surface area (Å²) >= 11 is 0. The van der Waals surface area contributed by atoms with Gasteiger partial charge in [-0.3, -0.25) is 9.69 Å². The summed E-state index contributed by atoms with van der Waals surface area (Å²) in [6.45, 7) is 2.48. The fourth-order valence-electron chi connectivity index (χ4n) is 4.24. The topological polar surface area (TPSA) is 81.0 Å². The van der Waals surface area contributed by atoms with Gasteiger partial charge >= 0.3 is 5.69 Å². The zero-order chi connectivity index (χ0) is 17.2. The van der Waals surface area contributed by atoms with E-state index in [0.29, 0.717) is 12.1 Å². The van der Waals surface area contributed by atoms with Crippen LogP contribution in [-0.4, -0.2) is 40.4 Å². The van der Waals surface area contributed by atoms with E-state index >= 15 is 0 Å². The quantitative estimate of drug-likeness (QED) is 0.799. The SMILES string of the molecule is O=C(CN1CCCC(C2CCC2)CC1)Nc1ccc2[nH]c(=O)[nH]c2c1. The van der Waals surface area contributed by atoms with Crippen LogP contribution in [-0.2, 0) is 4.79 Å². The normalized spacial score (nSPS) is 22.5. The van der Waals surface area contributed by atoms with Gasteiger partial charge in [0.05, 0.1) is 17.6 Å². The number of imidazole rings is 1. The van der Waals surface area contributed by atoms with Gasteiger partial charge in [0.2, 0.25) is 5.91 Å². The van der Waals surface area contributed by atoms with Crippen molar-refractivity contribution in [1.82, 2.24) is 14.9 Å². The van der Waals surface area contributed by atoms with Crippen LogP contribution in [0.3, 0.4) is 0 Å². The molecule has 1 unspecified atom stereocenters. The molecule has 2 heterocycles. The molecule has 3 N–H and O–H groups in total. The van der Waals surface area contributed by atoms with E-state index in [1.165, 1.54) is 38.5 Å². The number of nitrogens with one attached hydrogen (secondary N) is 3. The molecule has 0 radical (unpaired) electrons. The number of aromatic nitrogens is 2. The Hall–Kier alpha value is -2.08. The van der Waals surface area contributed by atoms with Crippen LogP contribution in [0.25, 0.3) is 11.0 Å². The summed E-state index contributed by atoms with van der Waals surface area (Å²) in [5.74, 6) is 1.83. The molecule has 1 saturated carbocycles. The number of aromatic amines is 2. The van der Waals surface area contributed by atoms with Crippen molar-refractivity contribution < 1.29 is 4.79 Å². The van der Waals surface area contributed by atoms with E-state index < -0.39 is 0 Å². The third-order valence-electron chi connectivity index (χ3n) is 5.85. The summed E-state index contributed by atoms with van der Waals surface area (Å²) < 4.78 is 0. The maximum atomic E-state index is 12.4. The summed E-state index contributed by atoms with van der Waals surface area (Å²) in [6, 6.07) is 5.41. The molecule has 1 aliphatic heterocycles. The van der Waals surface area contributed by atoms with Gasteiger partial charge in [-0.25, -0.2) is 4.79 Å². The zero-order valence-corrected chi connectivity index (χ0v) is 14.5. The van der Waals surface area contributed by atoms with Crippen molar-refractivity contribution in [2.24, 2.45) is 11.8 Å². The number of hydrogen-bond acceptors (Lipinski definition) is 3. The lowest BCUT2D eigenvalue weighted by atomic mass is 9.73. The molecule has 1 aromatic carbocycles. The Kier molecular flexibility index (Phi) is 4.61. The smallest absolute Gasteiger partial charge is 0.323 e. The number of fused-ring (bicyclic) bond motifs is 1. The first-order valence-electron chi connectivity index (χ1n) is 9.41. The fraction of sp³-hybridized carbons (Fsp3) is 0.579. The first-order chi connectivity index (χ1) is 12.2. The van der Waals surface area contributed by atoms with Crippen LogP contribution in [0.5, 0.6) is 0 Å². The first kappa shape index (κ1) is 16.4. The molecule has 1 amide bonds. The summed E-state index contributed by atoms with van der Waals surface area (Å²) in [4.78, 5) is 31.4. The minimum absolute atomic E-state index is 0.0133. The van der Waals surface area contributed by atoms with Crippen LogP contribution in [0.4, 0.5) is 5.69 Å². The Balaban J connectivity index is 1.32. The summed E-state index contributed by atoms with van der Waals surface area (Å²) in [5.41, 5.74) is 1.94. The third kappa shape index (κ3) is 3.79. The molecule has 0 spiro atoms. The average Bonchev–Trinajstić information content (AvgIpc) is 2.74. The van der Waals surface area contributed by atoms with Crippen LogP contribution in [0, 0.1) is 11.8 Å². The van der Waals surface area contributed by atoms with E-state index in [0.717, 1.165) is 36.1 Å². The second-order valence-corrected chi connectivity index (χ2v) is 7.55. The highest BCUT2D eigenvalue weighted by Crippen LogP contribution is 2.38. The number of amides is 1. The van der Waals surface area contributed by atoms with Crippen LogP contribution < -0.4 is 11.0 Å². The third-order valence-corrected chi connectivity index (χ3v) is 5.85. The Morgan fingerprint density at radius 1 is 1.04 bits per heavy atom. The van der Waals surface area contributed by atoms with Gasteiger partial charge in [0.15, 0.2) is 0 Å². The summed E-state index contributed by atoms with van der Waals surface area (Å²) in [7, 11) is 0. The number of likely N-dealkylation sites (tertiary alicyclic amines) is 1. The molecule has 1 atom stereocenters. The molecule has 1 saturated heterocycles. The molecular weight excluding hydrogens is 316 g/mol. The van der Waals surface area contributed by atoms with Gasteiger partial charge in [-0.2, -0.15) is 0 Å². The van der Waals surface area contributed by atoms with E-state index in [1.807, 2.05) is 6.07 Å². The van der Waals surface area contributed by atoms with Crippen molar-refractivity contribution in [3.8, 4) is 0 Å². The van der Waals surface area contributed by atoms with Gasteiger partial charge in [-0.05, 0) is 62.4 Å². The molecule has 1 aliphatic carbocycles. The number of carbonyl (C=O) groups excluding carboxylic acids is 1. The molecule has 2 fully saturated rings. The Morgan fingerprint density at radius 3 is 2.60 bits per heavy atom. The van der Waals surface area contributed by atoms with Crippen molar-refractivity contribution in [2.75, 3.05) is 25.0 Å². The number of rotatable bonds is 4. The van der Waals surface area contributed by atoms with E-state index in [9.17, 15) is 9.59 Å². The molecule has 2 aromatic rings. The summed E-state index contributed by atoms with van der Waals surface area (Å²) in [5, 5.41) is 2.95. The van der Waals surface area contributed by atoms with Crippen LogP contribution >= 0.6 is 0 Å². The lowest BCUT2D eigenvalue weighted by Gasteiger charge is -2.33. The van der Waals surface area contributed by atoms with E-state index in [-0.39, 0.29) is 11.6 Å². The van der Waals surface area contributed by atoms with Crippen LogP contribution in [0.2, 0.25) is 0 Å². The van der Waals surface area contributed by atoms with Crippen molar-refractivity contribution in [3.05, 3.63) is 28.7 Å². The molecule has 6 heteroatoms. The standard InChI is InChI=1S/C19H26N4O2/c24-18(20-15-6-7-16-17(11-15)22-19(25)21-16)12-23-9-2-5-14(8-10-23)13-3-1-4-13/h6-7,11,13-14H,1-5,8-10,12H2,(H,20,24)(H2,21,22,25). The van der Waals surface area contributed by atoms with E-state index in [1.54, 1.807) is 12.1 Å². The average molecular weight is 342 g/mol. The fourth-order valence-corrected chi connectivity index (χ4v) is 4.24. The number of carbonyl (C=O) groups is 1. The molecule has 2 aliphatic rings. The first-order valence-corrected chi connectivity index (χ1v) is 9.41. The van der Waals surface area contributed by atoms with Crippen LogP contribution in [0.15, 0.2) is 23.0 Å². The second-order valence-electron chi connectivity index (χ2n) is 7.55. The minimum atomic E-state index is -0.232. The molecular formula is C19H26N4O2.